The van der Waals surface area contributed by atoms with Gasteiger partial charge in [0.1, 0.15) is 5.69 Å². The summed E-state index contributed by atoms with van der Waals surface area (Å²) in [5, 5.41) is 8.20. The molecule has 34 heavy (non-hydrogen) atoms. The molecule has 0 bridgehead atoms. The van der Waals surface area contributed by atoms with Gasteiger partial charge in [0.15, 0.2) is 11.5 Å². The van der Waals surface area contributed by atoms with Gasteiger partial charge in [-0.3, -0.25) is 9.89 Å². The summed E-state index contributed by atoms with van der Waals surface area (Å²) in [6.07, 6.45) is 0.956. The molecular formula is C27H22ClN3O3. The SMILES string of the molecule is CCc1ccc(C2c3c(-c4ccc(Cl)cc4)n[nH]c3C(=O)N2Cc2ccc3c(c2)OCO3)cc1. The van der Waals surface area contributed by atoms with E-state index in [4.69, 9.17) is 21.1 Å². The van der Waals surface area contributed by atoms with Crippen molar-refractivity contribution in [2.75, 3.05) is 6.79 Å². The second-order valence-corrected chi connectivity index (χ2v) is 8.92. The number of benzene rings is 3. The summed E-state index contributed by atoms with van der Waals surface area (Å²) in [6.45, 7) is 2.78. The first-order valence-electron chi connectivity index (χ1n) is 11.2. The number of rotatable bonds is 5. The Bertz CT molecular complexity index is 1380. The Morgan fingerprint density at radius 2 is 1.74 bits per heavy atom. The van der Waals surface area contributed by atoms with Gasteiger partial charge in [-0.25, -0.2) is 0 Å². The maximum atomic E-state index is 13.6. The average Bonchev–Trinajstić information content (AvgIpc) is 3.57. The first kappa shape index (κ1) is 20.8. The van der Waals surface area contributed by atoms with Gasteiger partial charge in [0.05, 0.1) is 11.7 Å². The Labute approximate surface area is 202 Å². The molecule has 1 amide bonds. The summed E-state index contributed by atoms with van der Waals surface area (Å²) in [6, 6.07) is 21.5. The molecule has 0 fully saturated rings. The number of aryl methyl sites for hydroxylation is 1. The maximum Gasteiger partial charge on any atom is 0.273 e. The fourth-order valence-electron chi connectivity index (χ4n) is 4.71. The molecule has 1 aromatic heterocycles. The van der Waals surface area contributed by atoms with Crippen molar-refractivity contribution in [3.05, 3.63) is 99.7 Å². The molecule has 3 aromatic carbocycles. The molecule has 1 unspecified atom stereocenters. The van der Waals surface area contributed by atoms with Crippen molar-refractivity contribution in [3.63, 3.8) is 0 Å². The number of carbonyl (C=O) groups is 1. The molecule has 6 rings (SSSR count). The van der Waals surface area contributed by atoms with Crippen LogP contribution in [0.5, 0.6) is 11.5 Å². The minimum absolute atomic E-state index is 0.0788. The third kappa shape index (κ3) is 3.42. The molecule has 6 nitrogen and oxygen atoms in total. The molecule has 0 spiro atoms. The summed E-state index contributed by atoms with van der Waals surface area (Å²) in [5.74, 6) is 1.35. The van der Waals surface area contributed by atoms with Crippen LogP contribution < -0.4 is 9.47 Å². The lowest BCUT2D eigenvalue weighted by molar-refractivity contribution is 0.0730. The summed E-state index contributed by atoms with van der Waals surface area (Å²) in [7, 11) is 0. The quantitative estimate of drug-likeness (QED) is 0.401. The Hall–Kier alpha value is -3.77. The van der Waals surface area contributed by atoms with Crippen molar-refractivity contribution in [2.45, 2.75) is 25.9 Å². The first-order valence-corrected chi connectivity index (χ1v) is 11.6. The van der Waals surface area contributed by atoms with Gasteiger partial charge in [-0.15, -0.1) is 0 Å². The number of aromatic nitrogens is 2. The zero-order valence-electron chi connectivity index (χ0n) is 18.5. The van der Waals surface area contributed by atoms with Gasteiger partial charge in [0, 0.05) is 22.7 Å². The number of hydrogen-bond acceptors (Lipinski definition) is 4. The normalized spacial score (nSPS) is 16.2. The van der Waals surface area contributed by atoms with Crippen LogP contribution in [-0.2, 0) is 13.0 Å². The van der Waals surface area contributed by atoms with Crippen molar-refractivity contribution >= 4 is 17.5 Å². The van der Waals surface area contributed by atoms with Crippen LogP contribution in [0, 0.1) is 0 Å². The van der Waals surface area contributed by atoms with E-state index in [1.54, 1.807) is 0 Å². The minimum Gasteiger partial charge on any atom is -0.454 e. The fourth-order valence-corrected chi connectivity index (χ4v) is 4.83. The molecule has 7 heteroatoms. The van der Waals surface area contributed by atoms with Crippen LogP contribution in [-0.4, -0.2) is 27.8 Å². The predicted molar refractivity (Wildman–Crippen MR) is 129 cm³/mol. The third-order valence-corrected chi connectivity index (χ3v) is 6.73. The Kier molecular flexibility index (Phi) is 5.03. The van der Waals surface area contributed by atoms with E-state index in [9.17, 15) is 4.79 Å². The molecule has 2 aliphatic heterocycles. The van der Waals surface area contributed by atoms with Gasteiger partial charge in [0.25, 0.3) is 5.91 Å². The summed E-state index contributed by atoms with van der Waals surface area (Å²) < 4.78 is 11.0. The van der Waals surface area contributed by atoms with E-state index in [-0.39, 0.29) is 18.7 Å². The van der Waals surface area contributed by atoms with Crippen LogP contribution in [0.2, 0.25) is 5.02 Å². The molecule has 0 saturated heterocycles. The summed E-state index contributed by atoms with van der Waals surface area (Å²) in [4.78, 5) is 15.5. The van der Waals surface area contributed by atoms with Crippen LogP contribution >= 0.6 is 11.6 Å². The number of nitrogens with zero attached hydrogens (tertiary/aromatic N) is 2. The first-order chi connectivity index (χ1) is 16.6. The second-order valence-electron chi connectivity index (χ2n) is 8.49. The Balaban J connectivity index is 1.45. The van der Waals surface area contributed by atoms with Crippen molar-refractivity contribution < 1.29 is 14.3 Å². The number of ether oxygens (including phenoxy) is 2. The number of H-pyrrole nitrogens is 1. The number of fused-ring (bicyclic) bond motifs is 2. The number of aromatic amines is 1. The van der Waals surface area contributed by atoms with E-state index in [0.717, 1.165) is 40.1 Å². The number of carbonyl (C=O) groups excluding carboxylic acids is 1. The molecule has 2 aliphatic rings. The molecular weight excluding hydrogens is 450 g/mol. The molecule has 4 aromatic rings. The van der Waals surface area contributed by atoms with Crippen LogP contribution in [0.1, 0.15) is 45.7 Å². The monoisotopic (exact) mass is 471 g/mol. The van der Waals surface area contributed by atoms with Gasteiger partial charge < -0.3 is 14.4 Å². The van der Waals surface area contributed by atoms with Crippen molar-refractivity contribution in [1.82, 2.24) is 15.1 Å². The topological polar surface area (TPSA) is 67.5 Å². The highest BCUT2D eigenvalue weighted by Gasteiger charge is 2.42. The second kappa shape index (κ2) is 8.22. The Morgan fingerprint density at radius 3 is 2.50 bits per heavy atom. The van der Waals surface area contributed by atoms with Gasteiger partial charge in [-0.05, 0) is 47.4 Å². The van der Waals surface area contributed by atoms with Crippen LogP contribution in [0.15, 0.2) is 66.7 Å². The van der Waals surface area contributed by atoms with E-state index >= 15 is 0 Å². The molecule has 170 valence electrons. The highest BCUT2D eigenvalue weighted by Crippen LogP contribution is 2.44. The standard InChI is InChI=1S/C27H22ClN3O3/c1-2-16-3-6-19(7-4-16)26-23-24(18-8-10-20(28)11-9-18)29-30-25(23)27(32)31(26)14-17-5-12-21-22(13-17)34-15-33-21/h3-13,26H,2,14-15H2,1H3,(H,29,30). The lowest BCUT2D eigenvalue weighted by Gasteiger charge is -2.27. The number of hydrogen-bond donors (Lipinski definition) is 1. The lowest BCUT2D eigenvalue weighted by atomic mass is 9.95. The van der Waals surface area contributed by atoms with Crippen LogP contribution in [0.3, 0.4) is 0 Å². The van der Waals surface area contributed by atoms with E-state index < -0.39 is 0 Å². The third-order valence-electron chi connectivity index (χ3n) is 6.48. The smallest absolute Gasteiger partial charge is 0.273 e. The van der Waals surface area contributed by atoms with Gasteiger partial charge >= 0.3 is 0 Å². The largest absolute Gasteiger partial charge is 0.454 e. The number of halogens is 1. The van der Waals surface area contributed by atoms with E-state index in [0.29, 0.717) is 23.0 Å². The van der Waals surface area contributed by atoms with E-state index in [1.165, 1.54) is 5.56 Å². The van der Waals surface area contributed by atoms with Crippen molar-refractivity contribution in [1.29, 1.82) is 0 Å². The van der Waals surface area contributed by atoms with Crippen LogP contribution in [0.4, 0.5) is 0 Å². The minimum atomic E-state index is -0.275. The fraction of sp³-hybridized carbons (Fsp3) is 0.185. The van der Waals surface area contributed by atoms with Crippen molar-refractivity contribution in [3.8, 4) is 22.8 Å². The van der Waals surface area contributed by atoms with Gasteiger partial charge in [-0.1, -0.05) is 61.0 Å². The molecule has 0 radical (unpaired) electrons. The zero-order valence-corrected chi connectivity index (χ0v) is 19.3. The number of amides is 1. The lowest BCUT2D eigenvalue weighted by Crippen LogP contribution is -2.29. The molecule has 3 heterocycles. The summed E-state index contributed by atoms with van der Waals surface area (Å²) in [5.41, 5.74) is 6.35. The highest BCUT2D eigenvalue weighted by molar-refractivity contribution is 6.30. The zero-order chi connectivity index (χ0) is 23.2. The maximum absolute atomic E-state index is 13.6. The highest BCUT2D eigenvalue weighted by atomic mass is 35.5. The Morgan fingerprint density at radius 1 is 1.00 bits per heavy atom. The molecule has 1 atom stereocenters. The van der Waals surface area contributed by atoms with Gasteiger partial charge in [-0.2, -0.15) is 5.10 Å². The van der Waals surface area contributed by atoms with E-state index in [1.807, 2.05) is 47.4 Å². The van der Waals surface area contributed by atoms with Crippen molar-refractivity contribution in [2.24, 2.45) is 0 Å². The summed E-state index contributed by atoms with van der Waals surface area (Å²) >= 11 is 6.11. The molecule has 0 aliphatic carbocycles. The molecule has 1 N–H and O–H groups in total. The average molecular weight is 472 g/mol. The van der Waals surface area contributed by atoms with Gasteiger partial charge in [0.2, 0.25) is 6.79 Å². The number of nitrogens with one attached hydrogen (secondary N) is 1. The molecule has 0 saturated carbocycles. The van der Waals surface area contributed by atoms with E-state index in [2.05, 4.69) is 41.4 Å². The van der Waals surface area contributed by atoms with Crippen LogP contribution in [0.25, 0.3) is 11.3 Å². The predicted octanol–water partition coefficient (Wildman–Crippen LogP) is 5.77.